The summed E-state index contributed by atoms with van der Waals surface area (Å²) in [5.74, 6) is 0.164. The summed E-state index contributed by atoms with van der Waals surface area (Å²) in [6.07, 6.45) is 9.83. The lowest BCUT2D eigenvalue weighted by Gasteiger charge is -2.29. The van der Waals surface area contributed by atoms with Gasteiger partial charge in [0.25, 0.3) is 0 Å². The molecular weight excluding hydrogens is 508 g/mol. The number of anilines is 2. The second-order valence-corrected chi connectivity index (χ2v) is 11.9. The molecule has 0 aliphatic rings. The average molecular weight is 561 g/mol. The van der Waals surface area contributed by atoms with Gasteiger partial charge in [-0.15, -0.1) is 0 Å². The first kappa shape index (κ1) is 32.1. The number of rotatable bonds is 17. The number of halogens is 1. The van der Waals surface area contributed by atoms with Crippen molar-refractivity contribution in [3.05, 3.63) is 93.5 Å². The zero-order chi connectivity index (χ0) is 28.9. The van der Waals surface area contributed by atoms with Crippen LogP contribution in [0.4, 0.5) is 11.4 Å². The molecule has 0 heterocycles. The Morgan fingerprint density at radius 3 is 1.20 bits per heavy atom. The molecule has 0 saturated carbocycles. The fourth-order valence-corrected chi connectivity index (χ4v) is 5.89. The van der Waals surface area contributed by atoms with Gasteiger partial charge in [0.15, 0.2) is 0 Å². The van der Waals surface area contributed by atoms with Crippen LogP contribution >= 0.6 is 11.6 Å². The molecular formula is C37H53ClN2. The number of hydrogen-bond acceptors (Lipinski definition) is 2. The third kappa shape index (κ3) is 8.77. The molecule has 0 N–H and O–H groups in total. The molecule has 3 aromatic carbocycles. The van der Waals surface area contributed by atoms with Crippen LogP contribution in [0.5, 0.6) is 0 Å². The van der Waals surface area contributed by atoms with Crippen molar-refractivity contribution in [2.24, 2.45) is 0 Å². The van der Waals surface area contributed by atoms with Gasteiger partial charge in [0.2, 0.25) is 0 Å². The van der Waals surface area contributed by atoms with Gasteiger partial charge in [-0.05, 0) is 91.6 Å². The molecule has 3 aromatic rings. The summed E-state index contributed by atoms with van der Waals surface area (Å²) in [6.45, 7) is 18.2. The molecule has 0 aliphatic carbocycles. The van der Waals surface area contributed by atoms with Gasteiger partial charge in [-0.3, -0.25) is 0 Å². The lowest BCUT2D eigenvalue weighted by atomic mass is 9.83. The van der Waals surface area contributed by atoms with Gasteiger partial charge in [-0.1, -0.05) is 101 Å². The number of unbranched alkanes of at least 4 members (excludes halogenated alkanes) is 4. The van der Waals surface area contributed by atoms with E-state index in [1.807, 2.05) is 12.1 Å². The van der Waals surface area contributed by atoms with E-state index < -0.39 is 0 Å². The number of nitrogens with zero attached hydrogens (tertiary/aromatic N) is 2. The maximum Gasteiger partial charge on any atom is 0.0406 e. The lowest BCUT2D eigenvalue weighted by Crippen LogP contribution is -2.26. The Bertz CT molecular complexity index is 1070. The van der Waals surface area contributed by atoms with Gasteiger partial charge in [-0.25, -0.2) is 0 Å². The minimum Gasteiger partial charge on any atom is -0.371 e. The van der Waals surface area contributed by atoms with Crippen LogP contribution in [-0.4, -0.2) is 26.2 Å². The van der Waals surface area contributed by atoms with Crippen LogP contribution in [0.2, 0.25) is 5.02 Å². The molecule has 0 aromatic heterocycles. The van der Waals surface area contributed by atoms with E-state index in [0.29, 0.717) is 0 Å². The fraction of sp³-hybridized carbons (Fsp3) is 0.514. The highest BCUT2D eigenvalue weighted by Gasteiger charge is 2.20. The highest BCUT2D eigenvalue weighted by atomic mass is 35.5. The molecule has 0 spiro atoms. The molecule has 0 unspecified atom stereocenters. The average Bonchev–Trinajstić information content (AvgIpc) is 2.95. The van der Waals surface area contributed by atoms with E-state index >= 15 is 0 Å². The second kappa shape index (κ2) is 16.7. The van der Waals surface area contributed by atoms with Crippen molar-refractivity contribution in [3.63, 3.8) is 0 Å². The van der Waals surface area contributed by atoms with Crippen LogP contribution in [0, 0.1) is 13.8 Å². The number of benzene rings is 3. The summed E-state index contributed by atoms with van der Waals surface area (Å²) in [7, 11) is 0. The normalized spacial score (nSPS) is 11.3. The van der Waals surface area contributed by atoms with Gasteiger partial charge >= 0.3 is 0 Å². The SMILES string of the molecule is CCCCN(CCCC)c1ccc(C(c2ccc(Cl)cc2)c2ccc(N(CCCC)CCCC)c(C)c2)cc1C. The molecule has 0 amide bonds. The molecule has 0 radical (unpaired) electrons. The lowest BCUT2D eigenvalue weighted by molar-refractivity contribution is 0.676. The second-order valence-electron chi connectivity index (χ2n) is 11.5. The monoisotopic (exact) mass is 560 g/mol. The molecule has 3 heteroatoms. The van der Waals surface area contributed by atoms with E-state index in [-0.39, 0.29) is 5.92 Å². The van der Waals surface area contributed by atoms with Crippen LogP contribution in [0.25, 0.3) is 0 Å². The van der Waals surface area contributed by atoms with Crippen molar-refractivity contribution in [1.82, 2.24) is 0 Å². The van der Waals surface area contributed by atoms with Crippen molar-refractivity contribution in [2.75, 3.05) is 36.0 Å². The zero-order valence-corrected chi connectivity index (χ0v) is 26.9. The third-order valence-corrected chi connectivity index (χ3v) is 8.37. The molecule has 3 rings (SSSR count). The van der Waals surface area contributed by atoms with Gasteiger partial charge < -0.3 is 9.80 Å². The Morgan fingerprint density at radius 1 is 0.525 bits per heavy atom. The summed E-state index contributed by atoms with van der Waals surface area (Å²) < 4.78 is 0. The summed E-state index contributed by atoms with van der Waals surface area (Å²) in [6, 6.07) is 22.8. The Kier molecular flexibility index (Phi) is 13.4. The van der Waals surface area contributed by atoms with E-state index in [1.54, 1.807) is 0 Å². The molecule has 0 saturated heterocycles. The number of aryl methyl sites for hydroxylation is 2. The van der Waals surface area contributed by atoms with Crippen LogP contribution in [0.1, 0.15) is 113 Å². The highest BCUT2D eigenvalue weighted by molar-refractivity contribution is 6.30. The largest absolute Gasteiger partial charge is 0.371 e. The van der Waals surface area contributed by atoms with E-state index in [2.05, 4.69) is 99.9 Å². The molecule has 0 aliphatic heterocycles. The molecule has 0 bridgehead atoms. The first-order chi connectivity index (χ1) is 19.4. The Labute approximate surface area is 250 Å². The van der Waals surface area contributed by atoms with Crippen molar-refractivity contribution in [2.45, 2.75) is 98.8 Å². The van der Waals surface area contributed by atoms with Crippen molar-refractivity contribution in [1.29, 1.82) is 0 Å². The molecule has 0 atom stereocenters. The topological polar surface area (TPSA) is 6.48 Å². The van der Waals surface area contributed by atoms with E-state index in [4.69, 9.17) is 11.6 Å². The molecule has 218 valence electrons. The maximum absolute atomic E-state index is 6.33. The Hall–Kier alpha value is -2.45. The Morgan fingerprint density at radius 2 is 0.875 bits per heavy atom. The summed E-state index contributed by atoms with van der Waals surface area (Å²) >= 11 is 6.33. The van der Waals surface area contributed by atoms with Gasteiger partial charge in [-0.2, -0.15) is 0 Å². The third-order valence-electron chi connectivity index (χ3n) is 8.12. The van der Waals surface area contributed by atoms with E-state index in [0.717, 1.165) is 31.2 Å². The molecule has 40 heavy (non-hydrogen) atoms. The van der Waals surface area contributed by atoms with Gasteiger partial charge in [0.05, 0.1) is 0 Å². The predicted octanol–water partition coefficient (Wildman–Crippen LogP) is 11.0. The maximum atomic E-state index is 6.33. The van der Waals surface area contributed by atoms with Crippen molar-refractivity contribution < 1.29 is 0 Å². The summed E-state index contributed by atoms with van der Waals surface area (Å²) in [4.78, 5) is 5.20. The minimum atomic E-state index is 0.164. The predicted molar refractivity (Wildman–Crippen MR) is 179 cm³/mol. The minimum absolute atomic E-state index is 0.164. The molecule has 0 fully saturated rings. The van der Waals surface area contributed by atoms with Gasteiger partial charge in [0, 0.05) is 48.5 Å². The van der Waals surface area contributed by atoms with Crippen LogP contribution in [-0.2, 0) is 0 Å². The summed E-state index contributed by atoms with van der Waals surface area (Å²) in [5.41, 5.74) is 9.46. The number of hydrogen-bond donors (Lipinski definition) is 0. The van der Waals surface area contributed by atoms with E-state index in [9.17, 15) is 0 Å². The van der Waals surface area contributed by atoms with Crippen molar-refractivity contribution in [3.8, 4) is 0 Å². The highest BCUT2D eigenvalue weighted by Crippen LogP contribution is 2.37. The van der Waals surface area contributed by atoms with E-state index in [1.165, 1.54) is 90.6 Å². The van der Waals surface area contributed by atoms with Crippen LogP contribution in [0.15, 0.2) is 60.7 Å². The van der Waals surface area contributed by atoms with Crippen LogP contribution in [0.3, 0.4) is 0 Å². The molecule has 2 nitrogen and oxygen atoms in total. The van der Waals surface area contributed by atoms with Crippen LogP contribution < -0.4 is 9.80 Å². The standard InChI is InChI=1S/C37H53ClN2/c1-7-11-23-39(24-12-8-2)35-21-17-32(27-29(35)5)37(31-15-19-34(38)20-16-31)33-18-22-36(30(6)28-33)40(25-13-9-3)26-14-10-4/h15-22,27-28,37H,7-14,23-26H2,1-6H3. The van der Waals surface area contributed by atoms with Crippen molar-refractivity contribution >= 4 is 23.0 Å². The zero-order valence-electron chi connectivity index (χ0n) is 26.1. The first-order valence-electron chi connectivity index (χ1n) is 15.9. The quantitative estimate of drug-likeness (QED) is 0.151. The smallest absolute Gasteiger partial charge is 0.0406 e. The summed E-state index contributed by atoms with van der Waals surface area (Å²) in [5, 5.41) is 0.783. The Balaban J connectivity index is 2.03. The first-order valence-corrected chi connectivity index (χ1v) is 16.3. The fourth-order valence-electron chi connectivity index (χ4n) is 5.76. The van der Waals surface area contributed by atoms with Gasteiger partial charge in [0.1, 0.15) is 0 Å².